The number of benzene rings is 1. The number of hydrogen-bond acceptors (Lipinski definition) is 8. The Labute approximate surface area is 170 Å². The largest absolute Gasteiger partial charge is 0.527 e. The van der Waals surface area contributed by atoms with Gasteiger partial charge in [-0.2, -0.15) is 0 Å². The van der Waals surface area contributed by atoms with E-state index in [0.717, 1.165) is 0 Å². The third kappa shape index (κ3) is 4.08. The predicted molar refractivity (Wildman–Crippen MR) is 105 cm³/mol. The molecule has 1 aromatic carbocycles. The summed E-state index contributed by atoms with van der Waals surface area (Å²) >= 11 is 5.84. The van der Waals surface area contributed by atoms with Crippen LogP contribution in [0.15, 0.2) is 36.9 Å². The van der Waals surface area contributed by atoms with Crippen LogP contribution in [0.2, 0.25) is 5.02 Å². The van der Waals surface area contributed by atoms with E-state index in [2.05, 4.69) is 15.0 Å². The third-order valence-corrected chi connectivity index (χ3v) is 6.22. The maximum atomic E-state index is 12.2. The van der Waals surface area contributed by atoms with Gasteiger partial charge in [0.25, 0.3) is 0 Å². The van der Waals surface area contributed by atoms with E-state index in [1.165, 1.54) is 18.5 Å². The van der Waals surface area contributed by atoms with E-state index in [9.17, 15) is 14.6 Å². The van der Waals surface area contributed by atoms with Crippen molar-refractivity contribution < 1.29 is 23.6 Å². The summed E-state index contributed by atoms with van der Waals surface area (Å²) in [6.45, 7) is -0.163. The Bertz CT molecular complexity index is 1080. The number of anilines is 1. The molecular weight excluding hydrogens is 421 g/mol. The van der Waals surface area contributed by atoms with Crippen molar-refractivity contribution in [2.24, 2.45) is 11.8 Å². The second kappa shape index (κ2) is 7.89. The normalized spacial score (nSPS) is 23.5. The van der Waals surface area contributed by atoms with Crippen molar-refractivity contribution in [1.82, 2.24) is 19.5 Å². The number of aromatic nitrogens is 4. The number of imidazole rings is 1. The fourth-order valence-corrected chi connectivity index (χ4v) is 4.54. The average Bonchev–Trinajstić information content (AvgIpc) is 3.06. The summed E-state index contributed by atoms with van der Waals surface area (Å²) in [5, 5.41) is 10.2. The number of aliphatic hydroxyl groups is 1. The number of nitrogen functional groups attached to an aromatic ring is 1. The molecule has 12 heteroatoms. The first-order chi connectivity index (χ1) is 13.9. The molecule has 4 N–H and O–H groups in total. The molecule has 1 saturated carbocycles. The van der Waals surface area contributed by atoms with Gasteiger partial charge in [-0.25, -0.2) is 19.5 Å². The molecule has 154 valence electrons. The summed E-state index contributed by atoms with van der Waals surface area (Å²) in [4.78, 5) is 22.3. The highest BCUT2D eigenvalue weighted by Gasteiger charge is 2.43. The number of fused-ring (bicyclic) bond motifs is 1. The standard InChI is InChI=1S/C17H19ClN5O5P/c18-11-2-1-3-12(5-11)28-29(25,26)27-7-10-4-14(13(10)6-24)23-9-22-15-16(19)20-8-21-17(15)23/h1-3,5,8-10,13-14,24H,4,6-7H2,(H,25,26)(H2,19,20,21)/t10-,13-,14-/m1/s1. The van der Waals surface area contributed by atoms with Crippen molar-refractivity contribution in [2.75, 3.05) is 18.9 Å². The molecule has 0 radical (unpaired) electrons. The zero-order valence-corrected chi connectivity index (χ0v) is 16.8. The Morgan fingerprint density at radius 3 is 2.93 bits per heavy atom. The highest BCUT2D eigenvalue weighted by atomic mass is 35.5. The van der Waals surface area contributed by atoms with E-state index in [0.29, 0.717) is 22.6 Å². The SMILES string of the molecule is Nc1ncnc2c1ncn2[C@@H]1C[C@H](COP(=O)(O)Oc2cccc(Cl)c2)[C@H]1CO. The molecule has 0 spiro atoms. The number of aliphatic hydroxyl groups excluding tert-OH is 1. The van der Waals surface area contributed by atoms with E-state index >= 15 is 0 Å². The third-order valence-electron chi connectivity index (χ3n) is 5.07. The van der Waals surface area contributed by atoms with Gasteiger partial charge in [0.05, 0.1) is 12.9 Å². The van der Waals surface area contributed by atoms with Gasteiger partial charge in [0, 0.05) is 23.6 Å². The van der Waals surface area contributed by atoms with Crippen LogP contribution in [0.25, 0.3) is 11.2 Å². The van der Waals surface area contributed by atoms with Gasteiger partial charge in [-0.1, -0.05) is 17.7 Å². The summed E-state index contributed by atoms with van der Waals surface area (Å²) in [5.74, 6) is 0.0865. The van der Waals surface area contributed by atoms with Crippen LogP contribution in [0, 0.1) is 11.8 Å². The Morgan fingerprint density at radius 1 is 1.34 bits per heavy atom. The van der Waals surface area contributed by atoms with Gasteiger partial charge in [0.15, 0.2) is 11.5 Å². The monoisotopic (exact) mass is 439 g/mol. The summed E-state index contributed by atoms with van der Waals surface area (Å²) in [6, 6.07) is 6.06. The Balaban J connectivity index is 1.40. The van der Waals surface area contributed by atoms with Gasteiger partial charge in [0.1, 0.15) is 17.6 Å². The smallest absolute Gasteiger partial charge is 0.404 e. The molecule has 1 aliphatic carbocycles. The van der Waals surface area contributed by atoms with Crippen LogP contribution in [0.1, 0.15) is 12.5 Å². The van der Waals surface area contributed by atoms with E-state index in [-0.39, 0.29) is 42.7 Å². The summed E-state index contributed by atoms with van der Waals surface area (Å²) < 4.78 is 24.2. The van der Waals surface area contributed by atoms with Crippen LogP contribution in [0.3, 0.4) is 0 Å². The van der Waals surface area contributed by atoms with Gasteiger partial charge in [-0.15, -0.1) is 0 Å². The van der Waals surface area contributed by atoms with E-state index in [4.69, 9.17) is 26.4 Å². The van der Waals surface area contributed by atoms with Crippen molar-refractivity contribution in [2.45, 2.75) is 12.5 Å². The lowest BCUT2D eigenvalue weighted by Crippen LogP contribution is -2.42. The molecule has 1 fully saturated rings. The van der Waals surface area contributed by atoms with Crippen molar-refractivity contribution in [3.63, 3.8) is 0 Å². The highest BCUT2D eigenvalue weighted by molar-refractivity contribution is 7.47. The summed E-state index contributed by atoms with van der Waals surface area (Å²) in [5.41, 5.74) is 6.89. The van der Waals surface area contributed by atoms with Crippen LogP contribution in [-0.2, 0) is 9.09 Å². The Hall–Kier alpha value is -2.23. The molecule has 1 unspecified atom stereocenters. The van der Waals surface area contributed by atoms with E-state index < -0.39 is 7.82 Å². The van der Waals surface area contributed by atoms with Gasteiger partial charge in [-0.3, -0.25) is 9.42 Å². The lowest BCUT2D eigenvalue weighted by atomic mass is 9.70. The summed E-state index contributed by atoms with van der Waals surface area (Å²) in [7, 11) is -4.33. The molecule has 10 nitrogen and oxygen atoms in total. The van der Waals surface area contributed by atoms with Crippen molar-refractivity contribution >= 4 is 36.4 Å². The quantitative estimate of drug-likeness (QED) is 0.472. The first-order valence-electron chi connectivity index (χ1n) is 8.84. The molecular formula is C17H19ClN5O5P. The first-order valence-corrected chi connectivity index (χ1v) is 10.7. The maximum Gasteiger partial charge on any atom is 0.527 e. The van der Waals surface area contributed by atoms with Crippen molar-refractivity contribution in [3.8, 4) is 5.75 Å². The highest BCUT2D eigenvalue weighted by Crippen LogP contribution is 2.49. The molecule has 4 rings (SSSR count). The van der Waals surface area contributed by atoms with Gasteiger partial charge >= 0.3 is 7.82 Å². The average molecular weight is 440 g/mol. The van der Waals surface area contributed by atoms with Crippen molar-refractivity contribution in [1.29, 1.82) is 0 Å². The second-order valence-corrected chi connectivity index (χ2v) is 8.62. The second-order valence-electron chi connectivity index (χ2n) is 6.81. The minimum Gasteiger partial charge on any atom is -0.404 e. The molecule has 2 aromatic heterocycles. The fourth-order valence-electron chi connectivity index (χ4n) is 3.55. The first kappa shape index (κ1) is 20.1. The van der Waals surface area contributed by atoms with Crippen LogP contribution < -0.4 is 10.3 Å². The molecule has 0 aliphatic heterocycles. The van der Waals surface area contributed by atoms with Crippen LogP contribution in [-0.4, -0.2) is 42.7 Å². The fraction of sp³-hybridized carbons (Fsp3) is 0.353. The number of nitrogens with two attached hydrogens (primary N) is 1. The molecule has 4 atom stereocenters. The number of nitrogens with zero attached hydrogens (tertiary/aromatic N) is 4. The zero-order valence-electron chi connectivity index (χ0n) is 15.1. The van der Waals surface area contributed by atoms with E-state index in [1.54, 1.807) is 18.5 Å². The maximum absolute atomic E-state index is 12.2. The van der Waals surface area contributed by atoms with Gasteiger partial charge in [0.2, 0.25) is 0 Å². The molecule has 29 heavy (non-hydrogen) atoms. The lowest BCUT2D eigenvalue weighted by molar-refractivity contribution is -0.00488. The lowest BCUT2D eigenvalue weighted by Gasteiger charge is -2.44. The van der Waals surface area contributed by atoms with Crippen LogP contribution >= 0.6 is 19.4 Å². The van der Waals surface area contributed by atoms with Crippen LogP contribution in [0.5, 0.6) is 5.75 Å². The van der Waals surface area contributed by atoms with Crippen LogP contribution in [0.4, 0.5) is 5.82 Å². The molecule has 0 bridgehead atoms. The van der Waals surface area contributed by atoms with Crippen molar-refractivity contribution in [3.05, 3.63) is 41.9 Å². The van der Waals surface area contributed by atoms with Gasteiger partial charge < -0.3 is 19.9 Å². The molecule has 1 aliphatic rings. The predicted octanol–water partition coefficient (Wildman–Crippen LogP) is 2.43. The topological polar surface area (TPSA) is 146 Å². The van der Waals surface area contributed by atoms with E-state index in [1.807, 2.05) is 4.57 Å². The minimum atomic E-state index is -4.33. The number of phosphoric ester groups is 1. The van der Waals surface area contributed by atoms with Gasteiger partial charge in [-0.05, 0) is 30.5 Å². The number of hydrogen-bond donors (Lipinski definition) is 3. The molecule has 2 heterocycles. The summed E-state index contributed by atoms with van der Waals surface area (Å²) in [6.07, 6.45) is 3.58. The number of rotatable bonds is 7. The molecule has 3 aromatic rings. The number of phosphoric acid groups is 1. The molecule has 0 amide bonds. The Morgan fingerprint density at radius 2 is 2.17 bits per heavy atom. The number of halogens is 1. The zero-order chi connectivity index (χ0) is 20.6. The molecule has 0 saturated heterocycles. The Kier molecular flexibility index (Phi) is 5.46. The minimum absolute atomic E-state index is 0.0418.